The number of likely N-dealkylation sites (tertiary alicyclic amines) is 1. The number of hydrogen-bond acceptors (Lipinski definition) is 2. The molecule has 1 fully saturated rings. The minimum Gasteiger partial charge on any atom is -0.356 e. The molecule has 2 N–H and O–H groups in total. The standard InChI is InChI=1S/C18H29FN4.HI/c1-4-23-10-8-15(13-23)12-22-18(20-3)21-9-7-16-5-6-17(19)11-14(16)2;/h5-6,11,15H,4,7-10,12-13H2,1-3H3,(H2,20,21,22);1H. The molecule has 1 aliphatic heterocycles. The first-order chi connectivity index (χ1) is 11.1. The predicted octanol–water partition coefficient (Wildman–Crippen LogP) is 2.80. The third-order valence-corrected chi connectivity index (χ3v) is 4.59. The van der Waals surface area contributed by atoms with Crippen molar-refractivity contribution in [1.82, 2.24) is 15.5 Å². The molecular weight excluding hydrogens is 418 g/mol. The zero-order valence-electron chi connectivity index (χ0n) is 14.9. The Morgan fingerprint density at radius 1 is 1.38 bits per heavy atom. The summed E-state index contributed by atoms with van der Waals surface area (Å²) in [6, 6.07) is 4.97. The Hall–Kier alpha value is -0.890. The fraction of sp³-hybridized carbons (Fsp3) is 0.611. The van der Waals surface area contributed by atoms with Crippen LogP contribution in [-0.2, 0) is 6.42 Å². The van der Waals surface area contributed by atoms with Gasteiger partial charge < -0.3 is 15.5 Å². The van der Waals surface area contributed by atoms with E-state index in [0.717, 1.165) is 37.6 Å². The second-order valence-corrected chi connectivity index (χ2v) is 6.25. The van der Waals surface area contributed by atoms with E-state index in [4.69, 9.17) is 0 Å². The summed E-state index contributed by atoms with van der Waals surface area (Å²) in [6.07, 6.45) is 2.12. The fourth-order valence-corrected chi connectivity index (χ4v) is 3.08. The Balaban J connectivity index is 0.00000288. The van der Waals surface area contributed by atoms with Crippen LogP contribution in [0.5, 0.6) is 0 Å². The number of rotatable bonds is 6. The van der Waals surface area contributed by atoms with Gasteiger partial charge in [-0.3, -0.25) is 4.99 Å². The maximum absolute atomic E-state index is 13.1. The summed E-state index contributed by atoms with van der Waals surface area (Å²) < 4.78 is 13.1. The molecule has 2 rings (SSSR count). The lowest BCUT2D eigenvalue weighted by Crippen LogP contribution is -2.41. The monoisotopic (exact) mass is 448 g/mol. The van der Waals surface area contributed by atoms with Gasteiger partial charge in [-0.05, 0) is 62.0 Å². The number of aliphatic imine (C=N–C) groups is 1. The average Bonchev–Trinajstić information content (AvgIpc) is 3.00. The molecule has 0 spiro atoms. The van der Waals surface area contributed by atoms with E-state index < -0.39 is 0 Å². The molecule has 0 aromatic heterocycles. The highest BCUT2D eigenvalue weighted by atomic mass is 127. The predicted molar refractivity (Wildman–Crippen MR) is 110 cm³/mol. The maximum atomic E-state index is 13.1. The third-order valence-electron chi connectivity index (χ3n) is 4.59. The highest BCUT2D eigenvalue weighted by molar-refractivity contribution is 14.0. The van der Waals surface area contributed by atoms with Gasteiger partial charge >= 0.3 is 0 Å². The lowest BCUT2D eigenvalue weighted by atomic mass is 10.1. The minimum absolute atomic E-state index is 0. The molecule has 136 valence electrons. The topological polar surface area (TPSA) is 39.7 Å². The number of halogens is 2. The first kappa shape index (κ1) is 21.2. The number of hydrogen-bond donors (Lipinski definition) is 2. The van der Waals surface area contributed by atoms with E-state index in [1.54, 1.807) is 13.1 Å². The molecule has 1 aromatic rings. The molecule has 1 unspecified atom stereocenters. The van der Waals surface area contributed by atoms with Crippen molar-refractivity contribution < 1.29 is 4.39 Å². The van der Waals surface area contributed by atoms with Gasteiger partial charge in [0.2, 0.25) is 0 Å². The van der Waals surface area contributed by atoms with Gasteiger partial charge in [0.15, 0.2) is 5.96 Å². The normalized spacial score (nSPS) is 18.3. The first-order valence-corrected chi connectivity index (χ1v) is 8.54. The quantitative estimate of drug-likeness (QED) is 0.400. The van der Waals surface area contributed by atoms with Gasteiger partial charge in [-0.1, -0.05) is 13.0 Å². The van der Waals surface area contributed by atoms with Gasteiger partial charge in [0.05, 0.1) is 0 Å². The minimum atomic E-state index is -0.172. The molecule has 4 nitrogen and oxygen atoms in total. The average molecular weight is 448 g/mol. The van der Waals surface area contributed by atoms with Gasteiger partial charge in [0.1, 0.15) is 5.82 Å². The first-order valence-electron chi connectivity index (χ1n) is 8.54. The van der Waals surface area contributed by atoms with Crippen LogP contribution in [0.2, 0.25) is 0 Å². The number of guanidine groups is 1. The highest BCUT2D eigenvalue weighted by Crippen LogP contribution is 2.14. The van der Waals surface area contributed by atoms with Crippen molar-refractivity contribution in [3.05, 3.63) is 35.1 Å². The van der Waals surface area contributed by atoms with E-state index in [0.29, 0.717) is 5.92 Å². The summed E-state index contributed by atoms with van der Waals surface area (Å²) in [5, 5.41) is 6.76. The summed E-state index contributed by atoms with van der Waals surface area (Å²) in [7, 11) is 1.80. The van der Waals surface area contributed by atoms with Gasteiger partial charge in [-0.25, -0.2) is 4.39 Å². The Morgan fingerprint density at radius 2 is 2.17 bits per heavy atom. The Bertz CT molecular complexity index is 536. The Kier molecular flexibility index (Phi) is 9.58. The van der Waals surface area contributed by atoms with Crippen LogP contribution in [0.15, 0.2) is 23.2 Å². The van der Waals surface area contributed by atoms with Gasteiger partial charge in [-0.15, -0.1) is 24.0 Å². The zero-order chi connectivity index (χ0) is 16.7. The van der Waals surface area contributed by atoms with Crippen molar-refractivity contribution in [2.45, 2.75) is 26.7 Å². The third kappa shape index (κ3) is 6.55. The van der Waals surface area contributed by atoms with Crippen LogP contribution < -0.4 is 10.6 Å². The summed E-state index contributed by atoms with van der Waals surface area (Å²) in [5.74, 6) is 1.38. The van der Waals surface area contributed by atoms with Gasteiger partial charge in [0, 0.05) is 26.7 Å². The number of nitrogens with zero attached hydrogens (tertiary/aromatic N) is 2. The van der Waals surface area contributed by atoms with E-state index >= 15 is 0 Å². The molecule has 0 radical (unpaired) electrons. The molecule has 1 atom stereocenters. The van der Waals surface area contributed by atoms with Crippen LogP contribution in [-0.4, -0.2) is 50.6 Å². The van der Waals surface area contributed by atoms with Crippen molar-refractivity contribution in [3.8, 4) is 0 Å². The lowest BCUT2D eigenvalue weighted by molar-refractivity contribution is 0.342. The van der Waals surface area contributed by atoms with E-state index in [2.05, 4.69) is 27.4 Å². The van der Waals surface area contributed by atoms with Crippen LogP contribution in [0.3, 0.4) is 0 Å². The second-order valence-electron chi connectivity index (χ2n) is 6.25. The molecule has 1 heterocycles. The summed E-state index contributed by atoms with van der Waals surface area (Å²) >= 11 is 0. The molecule has 1 aliphatic rings. The van der Waals surface area contributed by atoms with E-state index in [1.165, 1.54) is 31.1 Å². The van der Waals surface area contributed by atoms with Crippen LogP contribution >= 0.6 is 24.0 Å². The molecule has 0 bridgehead atoms. The van der Waals surface area contributed by atoms with E-state index in [9.17, 15) is 4.39 Å². The van der Waals surface area contributed by atoms with Gasteiger partial charge in [0.25, 0.3) is 0 Å². The highest BCUT2D eigenvalue weighted by Gasteiger charge is 2.20. The second kappa shape index (κ2) is 10.9. The molecule has 24 heavy (non-hydrogen) atoms. The van der Waals surface area contributed by atoms with Crippen molar-refractivity contribution in [2.24, 2.45) is 10.9 Å². The number of aryl methyl sites for hydroxylation is 1. The smallest absolute Gasteiger partial charge is 0.190 e. The van der Waals surface area contributed by atoms with Crippen molar-refractivity contribution in [2.75, 3.05) is 39.8 Å². The molecule has 6 heteroatoms. The SMILES string of the molecule is CCN1CCC(CNC(=NC)NCCc2ccc(F)cc2C)C1.I. The Morgan fingerprint density at radius 3 is 2.79 bits per heavy atom. The molecule has 0 saturated carbocycles. The lowest BCUT2D eigenvalue weighted by Gasteiger charge is -2.16. The molecule has 1 aromatic carbocycles. The van der Waals surface area contributed by atoms with Crippen molar-refractivity contribution >= 4 is 29.9 Å². The van der Waals surface area contributed by atoms with E-state index in [1.807, 2.05) is 13.0 Å². The van der Waals surface area contributed by atoms with Crippen LogP contribution in [0.25, 0.3) is 0 Å². The molecule has 0 aliphatic carbocycles. The van der Waals surface area contributed by atoms with E-state index in [-0.39, 0.29) is 29.8 Å². The van der Waals surface area contributed by atoms with Crippen LogP contribution in [0, 0.1) is 18.7 Å². The van der Waals surface area contributed by atoms with Crippen LogP contribution in [0.1, 0.15) is 24.5 Å². The zero-order valence-corrected chi connectivity index (χ0v) is 17.3. The number of nitrogens with one attached hydrogen (secondary N) is 2. The maximum Gasteiger partial charge on any atom is 0.190 e. The summed E-state index contributed by atoms with van der Waals surface area (Å²) in [4.78, 5) is 6.76. The number of benzene rings is 1. The summed E-state index contributed by atoms with van der Waals surface area (Å²) in [6.45, 7) is 9.44. The fourth-order valence-electron chi connectivity index (χ4n) is 3.08. The Labute approximate surface area is 162 Å². The van der Waals surface area contributed by atoms with Crippen molar-refractivity contribution in [1.29, 1.82) is 0 Å². The molecule has 0 amide bonds. The van der Waals surface area contributed by atoms with Crippen LogP contribution in [0.4, 0.5) is 4.39 Å². The summed E-state index contributed by atoms with van der Waals surface area (Å²) in [5.41, 5.74) is 2.17. The largest absolute Gasteiger partial charge is 0.356 e. The van der Waals surface area contributed by atoms with Gasteiger partial charge in [-0.2, -0.15) is 0 Å². The molecule has 1 saturated heterocycles. The molecular formula is C18H30FIN4. The van der Waals surface area contributed by atoms with Crippen molar-refractivity contribution in [3.63, 3.8) is 0 Å².